The van der Waals surface area contributed by atoms with Crippen molar-refractivity contribution in [2.75, 3.05) is 0 Å². The van der Waals surface area contributed by atoms with E-state index in [4.69, 9.17) is 9.26 Å². The van der Waals surface area contributed by atoms with Crippen LogP contribution in [0.25, 0.3) is 0 Å². The van der Waals surface area contributed by atoms with Gasteiger partial charge < -0.3 is 14.6 Å². The van der Waals surface area contributed by atoms with Gasteiger partial charge in [0, 0.05) is 22.6 Å². The lowest BCUT2D eigenvalue weighted by molar-refractivity contribution is 0.297. The van der Waals surface area contributed by atoms with Crippen molar-refractivity contribution in [2.45, 2.75) is 45.9 Å². The number of hydrogen-bond acceptors (Lipinski definition) is 4. The first-order chi connectivity index (χ1) is 10.1. The van der Waals surface area contributed by atoms with Crippen LogP contribution in [0.2, 0.25) is 0 Å². The molecule has 1 aromatic heterocycles. The minimum atomic E-state index is 0.485. The second kappa shape index (κ2) is 6.20. The number of rotatable bonds is 6. The first kappa shape index (κ1) is 14.6. The molecule has 0 amide bonds. The molecule has 1 aromatic carbocycles. The van der Waals surface area contributed by atoms with Crippen LogP contribution in [0.15, 0.2) is 27.2 Å². The van der Waals surface area contributed by atoms with Crippen LogP contribution in [0.4, 0.5) is 0 Å². The lowest BCUT2D eigenvalue weighted by Crippen LogP contribution is -2.16. The molecule has 0 bridgehead atoms. The van der Waals surface area contributed by atoms with Crippen LogP contribution in [0, 0.1) is 13.8 Å². The normalized spacial score (nSPS) is 14.4. The van der Waals surface area contributed by atoms with Gasteiger partial charge in [0.15, 0.2) is 0 Å². The third-order valence-corrected chi connectivity index (χ3v) is 4.23. The number of nitrogens with one attached hydrogen (secondary N) is 1. The first-order valence-corrected chi connectivity index (χ1v) is 7.99. The maximum Gasteiger partial charge on any atom is 0.140 e. The Morgan fingerprint density at radius 2 is 2.19 bits per heavy atom. The van der Waals surface area contributed by atoms with Crippen LogP contribution >= 0.6 is 15.9 Å². The van der Waals surface area contributed by atoms with Crippen molar-refractivity contribution < 1.29 is 9.26 Å². The van der Waals surface area contributed by atoms with Crippen molar-refractivity contribution in [3.05, 3.63) is 45.3 Å². The third kappa shape index (κ3) is 3.66. The molecule has 5 heteroatoms. The monoisotopic (exact) mass is 350 g/mol. The molecule has 1 fully saturated rings. The van der Waals surface area contributed by atoms with Crippen molar-refractivity contribution in [3.63, 3.8) is 0 Å². The van der Waals surface area contributed by atoms with Gasteiger partial charge in [-0.05, 0) is 44.9 Å². The largest absolute Gasteiger partial charge is 0.488 e. The summed E-state index contributed by atoms with van der Waals surface area (Å²) in [7, 11) is 0. The van der Waals surface area contributed by atoms with Crippen LogP contribution in [0.1, 0.15) is 35.4 Å². The summed E-state index contributed by atoms with van der Waals surface area (Å²) in [6, 6.07) is 6.80. The zero-order valence-corrected chi connectivity index (χ0v) is 13.9. The van der Waals surface area contributed by atoms with E-state index in [2.05, 4.69) is 32.5 Å². The van der Waals surface area contributed by atoms with E-state index in [0.29, 0.717) is 12.6 Å². The molecule has 0 saturated heterocycles. The summed E-state index contributed by atoms with van der Waals surface area (Å²) in [6.45, 7) is 5.17. The number of hydrogen-bond donors (Lipinski definition) is 1. The summed E-state index contributed by atoms with van der Waals surface area (Å²) in [6.07, 6.45) is 2.56. The standard InChI is InChI=1S/C16H19BrN2O2/c1-10-15(11(2)21-19-10)9-20-16-6-3-13(17)7-12(16)8-18-14-4-5-14/h3,6-7,14,18H,4-5,8-9H2,1-2H3. The van der Waals surface area contributed by atoms with E-state index < -0.39 is 0 Å². The number of ether oxygens (including phenoxy) is 1. The molecule has 2 aromatic rings. The predicted molar refractivity (Wildman–Crippen MR) is 84.3 cm³/mol. The predicted octanol–water partition coefficient (Wildman–Crippen LogP) is 3.88. The molecule has 0 spiro atoms. The lowest BCUT2D eigenvalue weighted by Gasteiger charge is -2.12. The number of aromatic nitrogens is 1. The van der Waals surface area contributed by atoms with Crippen LogP contribution in [-0.2, 0) is 13.2 Å². The summed E-state index contributed by atoms with van der Waals surface area (Å²) in [4.78, 5) is 0. The highest BCUT2D eigenvalue weighted by Crippen LogP contribution is 2.27. The van der Waals surface area contributed by atoms with Gasteiger partial charge in [0.25, 0.3) is 0 Å². The van der Waals surface area contributed by atoms with Gasteiger partial charge in [-0.15, -0.1) is 0 Å². The van der Waals surface area contributed by atoms with Crippen LogP contribution < -0.4 is 10.1 Å². The summed E-state index contributed by atoms with van der Waals surface area (Å²) < 4.78 is 12.2. The van der Waals surface area contributed by atoms with Gasteiger partial charge in [0.1, 0.15) is 18.1 Å². The van der Waals surface area contributed by atoms with Crippen LogP contribution in [-0.4, -0.2) is 11.2 Å². The molecule has 1 N–H and O–H groups in total. The van der Waals surface area contributed by atoms with Crippen molar-refractivity contribution in [3.8, 4) is 5.75 Å². The zero-order valence-electron chi connectivity index (χ0n) is 12.3. The summed E-state index contributed by atoms with van der Waals surface area (Å²) >= 11 is 3.52. The minimum Gasteiger partial charge on any atom is -0.488 e. The molecular weight excluding hydrogens is 332 g/mol. The Labute approximate surface area is 133 Å². The number of benzene rings is 1. The molecule has 0 aliphatic heterocycles. The molecule has 1 aliphatic carbocycles. The molecule has 1 heterocycles. The Morgan fingerprint density at radius 1 is 1.38 bits per heavy atom. The fraction of sp³-hybridized carbons (Fsp3) is 0.438. The van der Waals surface area contributed by atoms with E-state index in [9.17, 15) is 0 Å². The maximum absolute atomic E-state index is 5.99. The zero-order chi connectivity index (χ0) is 14.8. The SMILES string of the molecule is Cc1noc(C)c1COc1ccc(Br)cc1CNC1CC1. The fourth-order valence-corrected chi connectivity index (χ4v) is 2.64. The number of nitrogens with zero attached hydrogens (tertiary/aromatic N) is 1. The molecule has 1 aliphatic rings. The van der Waals surface area contributed by atoms with E-state index in [1.165, 1.54) is 18.4 Å². The second-order valence-electron chi connectivity index (χ2n) is 5.50. The van der Waals surface area contributed by atoms with Gasteiger partial charge in [-0.3, -0.25) is 0 Å². The fourth-order valence-electron chi connectivity index (χ4n) is 2.23. The Balaban J connectivity index is 1.71. The second-order valence-corrected chi connectivity index (χ2v) is 6.41. The topological polar surface area (TPSA) is 47.3 Å². The van der Waals surface area contributed by atoms with Crippen molar-refractivity contribution in [1.82, 2.24) is 10.5 Å². The molecule has 0 unspecified atom stereocenters. The Morgan fingerprint density at radius 3 is 2.86 bits per heavy atom. The van der Waals surface area contributed by atoms with Crippen LogP contribution in [0.3, 0.4) is 0 Å². The molecule has 3 rings (SSSR count). The van der Waals surface area contributed by atoms with Crippen molar-refractivity contribution in [1.29, 1.82) is 0 Å². The van der Waals surface area contributed by atoms with E-state index in [1.54, 1.807) is 0 Å². The minimum absolute atomic E-state index is 0.485. The molecular formula is C16H19BrN2O2. The Bertz CT molecular complexity index is 616. The molecule has 4 nitrogen and oxygen atoms in total. The Kier molecular flexibility index (Phi) is 4.31. The number of aryl methyl sites for hydroxylation is 2. The van der Waals surface area contributed by atoms with E-state index >= 15 is 0 Å². The van der Waals surface area contributed by atoms with Gasteiger partial charge in [0.2, 0.25) is 0 Å². The quantitative estimate of drug-likeness (QED) is 0.858. The van der Waals surface area contributed by atoms with Gasteiger partial charge in [0.05, 0.1) is 11.3 Å². The van der Waals surface area contributed by atoms with Gasteiger partial charge in [-0.25, -0.2) is 0 Å². The lowest BCUT2D eigenvalue weighted by atomic mass is 10.2. The molecule has 1 saturated carbocycles. The highest BCUT2D eigenvalue weighted by Gasteiger charge is 2.21. The Hall–Kier alpha value is -1.33. The number of halogens is 1. The smallest absolute Gasteiger partial charge is 0.140 e. The average molecular weight is 351 g/mol. The molecule has 0 atom stereocenters. The molecule has 21 heavy (non-hydrogen) atoms. The maximum atomic E-state index is 5.99. The van der Waals surface area contributed by atoms with Gasteiger partial charge in [-0.2, -0.15) is 0 Å². The molecule has 112 valence electrons. The van der Waals surface area contributed by atoms with Gasteiger partial charge in [-0.1, -0.05) is 21.1 Å². The third-order valence-electron chi connectivity index (χ3n) is 3.73. The highest BCUT2D eigenvalue weighted by molar-refractivity contribution is 9.10. The summed E-state index contributed by atoms with van der Waals surface area (Å²) in [5.41, 5.74) is 3.09. The summed E-state index contributed by atoms with van der Waals surface area (Å²) in [5, 5.41) is 7.48. The first-order valence-electron chi connectivity index (χ1n) is 7.20. The highest BCUT2D eigenvalue weighted by atomic mass is 79.9. The average Bonchev–Trinajstić information content (AvgIpc) is 3.23. The van der Waals surface area contributed by atoms with E-state index in [0.717, 1.165) is 33.8 Å². The van der Waals surface area contributed by atoms with Crippen LogP contribution in [0.5, 0.6) is 5.75 Å². The van der Waals surface area contributed by atoms with E-state index in [-0.39, 0.29) is 0 Å². The van der Waals surface area contributed by atoms with Gasteiger partial charge >= 0.3 is 0 Å². The summed E-state index contributed by atoms with van der Waals surface area (Å²) in [5.74, 6) is 1.73. The molecule has 0 radical (unpaired) electrons. The van der Waals surface area contributed by atoms with E-state index in [1.807, 2.05) is 26.0 Å². The van der Waals surface area contributed by atoms with Crippen molar-refractivity contribution >= 4 is 15.9 Å². The van der Waals surface area contributed by atoms with Crippen molar-refractivity contribution in [2.24, 2.45) is 0 Å².